The van der Waals surface area contributed by atoms with Crippen LogP contribution in [0.2, 0.25) is 10.0 Å². The van der Waals surface area contributed by atoms with Crippen LogP contribution < -0.4 is 10.0 Å². The van der Waals surface area contributed by atoms with Crippen LogP contribution in [0.15, 0.2) is 77.1 Å². The van der Waals surface area contributed by atoms with E-state index in [4.69, 9.17) is 23.2 Å². The largest absolute Gasteiger partial charge is 0.296 e. The second-order valence-electron chi connectivity index (χ2n) is 7.27. The zero-order valence-electron chi connectivity index (χ0n) is 17.7. The first kappa shape index (κ1) is 24.3. The third kappa shape index (κ3) is 5.45. The molecule has 1 aromatic heterocycles. The molecule has 3 aromatic carbocycles. The summed E-state index contributed by atoms with van der Waals surface area (Å²) in [7, 11) is -4.07. The van der Waals surface area contributed by atoms with Gasteiger partial charge in [0.15, 0.2) is 0 Å². The third-order valence-electron chi connectivity index (χ3n) is 4.94. The molecule has 0 saturated heterocycles. The van der Waals surface area contributed by atoms with Gasteiger partial charge in [0.05, 0.1) is 16.6 Å². The van der Waals surface area contributed by atoms with Crippen molar-refractivity contribution in [2.45, 2.75) is 17.3 Å². The number of hydrogen-bond donors (Lipinski definition) is 2. The van der Waals surface area contributed by atoms with E-state index in [9.17, 15) is 13.2 Å². The monoisotopic (exact) mass is 532 g/mol. The zero-order valence-corrected chi connectivity index (χ0v) is 20.8. The molecule has 174 valence electrons. The molecule has 4 aromatic rings. The summed E-state index contributed by atoms with van der Waals surface area (Å²) in [5.41, 5.74) is 2.69. The number of rotatable bonds is 7. The molecule has 0 unspecified atom stereocenters. The summed E-state index contributed by atoms with van der Waals surface area (Å²) in [5, 5.41) is 10.7. The van der Waals surface area contributed by atoms with Crippen molar-refractivity contribution in [3.63, 3.8) is 0 Å². The predicted molar refractivity (Wildman–Crippen MR) is 134 cm³/mol. The van der Waals surface area contributed by atoms with Gasteiger partial charge in [-0.2, -0.15) is 4.72 Å². The summed E-state index contributed by atoms with van der Waals surface area (Å²) in [4.78, 5) is 12.5. The van der Waals surface area contributed by atoms with E-state index in [2.05, 4.69) is 20.2 Å². The number of aromatic nitrogens is 2. The van der Waals surface area contributed by atoms with E-state index >= 15 is 0 Å². The second kappa shape index (κ2) is 10.2. The van der Waals surface area contributed by atoms with Crippen molar-refractivity contribution in [2.75, 3.05) is 5.32 Å². The minimum atomic E-state index is -4.07. The molecule has 0 aliphatic rings. The molecule has 0 fully saturated rings. The zero-order chi connectivity index (χ0) is 24.3. The summed E-state index contributed by atoms with van der Waals surface area (Å²) in [6.07, 6.45) is 0. The Hall–Kier alpha value is -2.82. The van der Waals surface area contributed by atoms with Gasteiger partial charge >= 0.3 is 0 Å². The molecule has 11 heteroatoms. The fourth-order valence-electron chi connectivity index (χ4n) is 3.28. The van der Waals surface area contributed by atoms with Crippen LogP contribution in [0.25, 0.3) is 0 Å². The molecular weight excluding hydrogens is 515 g/mol. The SMILES string of the molecule is Cc1ccccc1[C@@H](NS(=O)(=O)c1nnc(NC(=O)c2ccc(Cl)cc2Cl)s1)c1ccccc1. The Balaban J connectivity index is 1.59. The standard InChI is InChI=1S/C23H18Cl2N4O3S2/c1-14-7-5-6-10-17(14)20(15-8-3-2-4-9-15)29-34(31,32)23-28-27-22(33-23)26-21(30)18-12-11-16(24)13-19(18)25/h2-13,20,29H,1H3,(H,26,27,30)/t20-/m0/s1. The van der Waals surface area contributed by atoms with Gasteiger partial charge in [0.25, 0.3) is 15.9 Å². The van der Waals surface area contributed by atoms with E-state index in [1.807, 2.05) is 61.5 Å². The molecule has 1 heterocycles. The van der Waals surface area contributed by atoms with E-state index in [1.165, 1.54) is 18.2 Å². The van der Waals surface area contributed by atoms with Gasteiger partial charge in [-0.15, -0.1) is 10.2 Å². The minimum absolute atomic E-state index is 0.0172. The molecule has 0 aliphatic carbocycles. The molecule has 0 spiro atoms. The Morgan fingerprint density at radius 1 is 0.971 bits per heavy atom. The highest BCUT2D eigenvalue weighted by molar-refractivity contribution is 7.91. The van der Waals surface area contributed by atoms with Crippen molar-refractivity contribution in [3.05, 3.63) is 105 Å². The lowest BCUT2D eigenvalue weighted by Crippen LogP contribution is -2.30. The van der Waals surface area contributed by atoms with Gasteiger partial charge in [0.2, 0.25) is 9.47 Å². The number of anilines is 1. The molecule has 34 heavy (non-hydrogen) atoms. The first-order valence-corrected chi connectivity index (χ1v) is 13.0. The highest BCUT2D eigenvalue weighted by Crippen LogP contribution is 2.29. The maximum Gasteiger partial charge on any atom is 0.270 e. The van der Waals surface area contributed by atoms with Crippen LogP contribution in [-0.2, 0) is 10.0 Å². The van der Waals surface area contributed by atoms with Crippen LogP contribution in [0.4, 0.5) is 5.13 Å². The van der Waals surface area contributed by atoms with E-state index in [-0.39, 0.29) is 20.1 Å². The number of amides is 1. The summed E-state index contributed by atoms with van der Waals surface area (Å²) in [6, 6.07) is 20.6. The average molecular weight is 533 g/mol. The van der Waals surface area contributed by atoms with Crippen molar-refractivity contribution in [1.82, 2.24) is 14.9 Å². The van der Waals surface area contributed by atoms with Crippen LogP contribution in [0, 0.1) is 6.92 Å². The normalized spacial score (nSPS) is 12.3. The lowest BCUT2D eigenvalue weighted by molar-refractivity contribution is 0.102. The second-order valence-corrected chi connectivity index (χ2v) is 11.0. The van der Waals surface area contributed by atoms with Crippen molar-refractivity contribution in [2.24, 2.45) is 0 Å². The number of aryl methyl sites for hydroxylation is 1. The number of hydrogen-bond acceptors (Lipinski definition) is 6. The Labute approximate surface area is 210 Å². The average Bonchev–Trinajstić information content (AvgIpc) is 3.28. The van der Waals surface area contributed by atoms with Crippen LogP contribution in [0.3, 0.4) is 0 Å². The lowest BCUT2D eigenvalue weighted by atomic mass is 9.96. The molecule has 1 amide bonds. The van der Waals surface area contributed by atoms with Crippen LogP contribution in [0.1, 0.15) is 33.1 Å². The van der Waals surface area contributed by atoms with E-state index in [0.29, 0.717) is 5.02 Å². The van der Waals surface area contributed by atoms with Crippen LogP contribution >= 0.6 is 34.5 Å². The summed E-state index contributed by atoms with van der Waals surface area (Å²) < 4.78 is 28.9. The topological polar surface area (TPSA) is 101 Å². The summed E-state index contributed by atoms with van der Waals surface area (Å²) in [6.45, 7) is 1.92. The van der Waals surface area contributed by atoms with Crippen LogP contribution in [0.5, 0.6) is 0 Å². The van der Waals surface area contributed by atoms with Gasteiger partial charge in [-0.25, -0.2) is 8.42 Å². The van der Waals surface area contributed by atoms with Crippen molar-refractivity contribution < 1.29 is 13.2 Å². The number of nitrogens with one attached hydrogen (secondary N) is 2. The number of nitrogens with zero attached hydrogens (tertiary/aromatic N) is 2. The van der Waals surface area contributed by atoms with Gasteiger partial charge in [-0.3, -0.25) is 10.1 Å². The van der Waals surface area contributed by atoms with Gasteiger partial charge in [0.1, 0.15) is 0 Å². The van der Waals surface area contributed by atoms with Gasteiger partial charge in [0, 0.05) is 5.02 Å². The van der Waals surface area contributed by atoms with E-state index in [0.717, 1.165) is 28.0 Å². The number of benzene rings is 3. The maximum absolute atomic E-state index is 13.2. The molecule has 7 nitrogen and oxygen atoms in total. The fraction of sp³-hybridized carbons (Fsp3) is 0.0870. The number of halogens is 2. The molecule has 2 N–H and O–H groups in total. The Bertz CT molecular complexity index is 1440. The molecule has 0 bridgehead atoms. The molecule has 0 saturated carbocycles. The van der Waals surface area contributed by atoms with Crippen LogP contribution in [-0.4, -0.2) is 24.5 Å². The Morgan fingerprint density at radius 2 is 1.68 bits per heavy atom. The molecule has 1 atom stereocenters. The molecule has 0 radical (unpaired) electrons. The lowest BCUT2D eigenvalue weighted by Gasteiger charge is -2.20. The number of carbonyl (C=O) groups excluding carboxylic acids is 1. The van der Waals surface area contributed by atoms with E-state index in [1.54, 1.807) is 0 Å². The molecular formula is C23H18Cl2N4O3S2. The first-order chi connectivity index (χ1) is 16.2. The minimum Gasteiger partial charge on any atom is -0.296 e. The molecule has 0 aliphatic heterocycles. The Morgan fingerprint density at radius 3 is 2.38 bits per heavy atom. The first-order valence-electron chi connectivity index (χ1n) is 9.97. The smallest absolute Gasteiger partial charge is 0.270 e. The quantitative estimate of drug-likeness (QED) is 0.307. The number of sulfonamides is 1. The Kier molecular flexibility index (Phi) is 7.30. The highest BCUT2D eigenvalue weighted by Gasteiger charge is 2.27. The molecule has 4 rings (SSSR count). The van der Waals surface area contributed by atoms with E-state index < -0.39 is 22.0 Å². The van der Waals surface area contributed by atoms with Crippen molar-refractivity contribution in [1.29, 1.82) is 0 Å². The fourth-order valence-corrected chi connectivity index (χ4v) is 5.89. The number of carbonyl (C=O) groups is 1. The van der Waals surface area contributed by atoms with Crippen molar-refractivity contribution in [3.8, 4) is 0 Å². The highest BCUT2D eigenvalue weighted by atomic mass is 35.5. The predicted octanol–water partition coefficient (Wildman–Crippen LogP) is 5.47. The third-order valence-corrected chi connectivity index (χ3v) is 8.11. The maximum atomic E-state index is 13.2. The summed E-state index contributed by atoms with van der Waals surface area (Å²) >= 11 is 12.7. The van der Waals surface area contributed by atoms with Crippen molar-refractivity contribution >= 4 is 55.6 Å². The summed E-state index contributed by atoms with van der Waals surface area (Å²) in [5.74, 6) is -0.559. The van der Waals surface area contributed by atoms with Gasteiger partial charge in [-0.05, 0) is 41.8 Å². The van der Waals surface area contributed by atoms with Gasteiger partial charge < -0.3 is 0 Å². The van der Waals surface area contributed by atoms with Gasteiger partial charge in [-0.1, -0.05) is 89.1 Å².